The fraction of sp³-hybridized carbons (Fsp3) is 1.00. The summed E-state index contributed by atoms with van der Waals surface area (Å²) in [5.74, 6) is 0. The van der Waals surface area contributed by atoms with Crippen molar-refractivity contribution in [3.8, 4) is 0 Å². The second-order valence-electron chi connectivity index (χ2n) is 2.74. The molecule has 0 aromatic heterocycles. The van der Waals surface area contributed by atoms with Crippen LogP contribution in [0.1, 0.15) is 19.3 Å². The van der Waals surface area contributed by atoms with Crippen molar-refractivity contribution in [1.29, 1.82) is 0 Å². The molecule has 1 aliphatic rings. The number of hydrogen-bond acceptors (Lipinski definition) is 3. The third-order valence-corrected chi connectivity index (χ3v) is 4.05. The summed E-state index contributed by atoms with van der Waals surface area (Å²) >= 11 is 0. The molecule has 3 nitrogen and oxygen atoms in total. The van der Waals surface area contributed by atoms with Crippen LogP contribution in [0.5, 0.6) is 0 Å². The van der Waals surface area contributed by atoms with Crippen molar-refractivity contribution in [1.82, 2.24) is 0 Å². The van der Waals surface area contributed by atoms with Crippen molar-refractivity contribution in [2.45, 2.75) is 25.0 Å². The van der Waals surface area contributed by atoms with Crippen LogP contribution in [-0.2, 0) is 13.6 Å². The molecule has 0 saturated carbocycles. The molecule has 1 aliphatic heterocycles. The highest BCUT2D eigenvalue weighted by molar-refractivity contribution is 6.45. The zero-order valence-corrected chi connectivity index (χ0v) is 8.36. The molecule has 1 rings (SSSR count). The monoisotopic (exact) mass is 176 g/mol. The normalized spacial score (nSPS) is 25.9. The average Bonchev–Trinajstić information content (AvgIpc) is 2.09. The molecule has 1 atom stereocenters. The molecule has 11 heavy (non-hydrogen) atoms. The predicted molar refractivity (Wildman–Crippen MR) is 44.8 cm³/mol. The summed E-state index contributed by atoms with van der Waals surface area (Å²) in [5, 5.41) is 0. The summed E-state index contributed by atoms with van der Waals surface area (Å²) in [6, 6.07) is 0. The summed E-state index contributed by atoms with van der Waals surface area (Å²) in [6.45, 7) is 0.876. The van der Waals surface area contributed by atoms with Gasteiger partial charge in [-0.3, -0.25) is 0 Å². The Labute approximate surface area is 69.5 Å². The Balaban J connectivity index is 2.30. The Kier molecular flexibility index (Phi) is 4.07. The highest BCUT2D eigenvalue weighted by Gasteiger charge is 2.26. The number of ether oxygens (including phenoxy) is 1. The topological polar surface area (TPSA) is 27.7 Å². The quantitative estimate of drug-likeness (QED) is 0.590. The van der Waals surface area contributed by atoms with E-state index >= 15 is 0 Å². The minimum atomic E-state index is -1.50. The van der Waals surface area contributed by atoms with E-state index < -0.39 is 9.28 Å². The minimum Gasteiger partial charge on any atom is -0.398 e. The lowest BCUT2D eigenvalue weighted by atomic mass is 10.2. The fourth-order valence-electron chi connectivity index (χ4n) is 1.38. The molecule has 0 bridgehead atoms. The maximum atomic E-state index is 5.53. The van der Waals surface area contributed by atoms with Gasteiger partial charge in [0.15, 0.2) is 0 Å². The van der Waals surface area contributed by atoms with Crippen LogP contribution < -0.4 is 0 Å². The van der Waals surface area contributed by atoms with Crippen LogP contribution in [0.3, 0.4) is 0 Å². The van der Waals surface area contributed by atoms with Crippen molar-refractivity contribution < 1.29 is 13.6 Å². The summed E-state index contributed by atoms with van der Waals surface area (Å²) in [5.41, 5.74) is 0.277. The maximum Gasteiger partial charge on any atom is 0.350 e. The lowest BCUT2D eigenvalue weighted by molar-refractivity contribution is 0.0365. The molecule has 0 aromatic rings. The maximum absolute atomic E-state index is 5.53. The zero-order valence-electron chi connectivity index (χ0n) is 7.21. The molecule has 0 aromatic carbocycles. The summed E-state index contributed by atoms with van der Waals surface area (Å²) in [4.78, 5) is 0. The summed E-state index contributed by atoms with van der Waals surface area (Å²) < 4.78 is 16.0. The van der Waals surface area contributed by atoms with E-state index in [1.54, 1.807) is 14.2 Å². The molecule has 1 fully saturated rings. The third-order valence-electron chi connectivity index (χ3n) is 1.98. The van der Waals surface area contributed by atoms with Gasteiger partial charge in [-0.15, -0.1) is 0 Å². The van der Waals surface area contributed by atoms with Gasteiger partial charge in [0.1, 0.15) is 0 Å². The van der Waals surface area contributed by atoms with Crippen LogP contribution in [-0.4, -0.2) is 35.8 Å². The molecular formula is C7H16O3Si. The van der Waals surface area contributed by atoms with E-state index in [9.17, 15) is 0 Å². The van der Waals surface area contributed by atoms with E-state index in [1.807, 2.05) is 0 Å². The number of rotatable bonds is 3. The van der Waals surface area contributed by atoms with Gasteiger partial charge in [0, 0.05) is 20.8 Å². The van der Waals surface area contributed by atoms with E-state index in [0.717, 1.165) is 13.0 Å². The van der Waals surface area contributed by atoms with Gasteiger partial charge >= 0.3 is 9.28 Å². The second kappa shape index (κ2) is 4.87. The average molecular weight is 176 g/mol. The van der Waals surface area contributed by atoms with Gasteiger partial charge in [0.2, 0.25) is 0 Å². The second-order valence-corrected chi connectivity index (χ2v) is 5.17. The highest BCUT2D eigenvalue weighted by atomic mass is 28.3. The van der Waals surface area contributed by atoms with Gasteiger partial charge in [0.25, 0.3) is 0 Å². The molecule has 0 aliphatic carbocycles. The Bertz CT molecular complexity index is 99.9. The molecule has 4 heteroatoms. The summed E-state index contributed by atoms with van der Waals surface area (Å²) in [6.07, 6.45) is 3.55. The lowest BCUT2D eigenvalue weighted by Crippen LogP contribution is -2.39. The molecule has 0 radical (unpaired) electrons. The van der Waals surface area contributed by atoms with Crippen molar-refractivity contribution >= 4 is 9.28 Å². The zero-order chi connectivity index (χ0) is 8.10. The van der Waals surface area contributed by atoms with E-state index in [4.69, 9.17) is 13.6 Å². The van der Waals surface area contributed by atoms with Crippen molar-refractivity contribution in [2.75, 3.05) is 20.8 Å². The van der Waals surface area contributed by atoms with E-state index in [-0.39, 0.29) is 5.73 Å². The van der Waals surface area contributed by atoms with Gasteiger partial charge in [-0.2, -0.15) is 0 Å². The smallest absolute Gasteiger partial charge is 0.350 e. The first-order valence-electron chi connectivity index (χ1n) is 4.05. The first-order chi connectivity index (χ1) is 5.38. The largest absolute Gasteiger partial charge is 0.398 e. The molecular weight excluding hydrogens is 160 g/mol. The Hall–Kier alpha value is 0.0969. The van der Waals surface area contributed by atoms with Crippen LogP contribution in [0.15, 0.2) is 0 Å². The SMILES string of the molecule is CO[SiH](OC)C1CCCCO1. The Morgan fingerprint density at radius 2 is 2.00 bits per heavy atom. The molecule has 0 N–H and O–H groups in total. The number of hydrogen-bond donors (Lipinski definition) is 0. The highest BCUT2D eigenvalue weighted by Crippen LogP contribution is 2.15. The molecule has 0 amide bonds. The molecule has 0 spiro atoms. The third kappa shape index (κ3) is 2.55. The van der Waals surface area contributed by atoms with E-state index in [1.165, 1.54) is 12.8 Å². The van der Waals surface area contributed by atoms with E-state index in [0.29, 0.717) is 0 Å². The summed E-state index contributed by atoms with van der Waals surface area (Å²) in [7, 11) is 1.92. The fourth-order valence-corrected chi connectivity index (χ4v) is 2.98. The molecule has 1 heterocycles. The van der Waals surface area contributed by atoms with Gasteiger partial charge in [-0.25, -0.2) is 0 Å². The Morgan fingerprint density at radius 1 is 1.27 bits per heavy atom. The molecule has 1 saturated heterocycles. The first-order valence-corrected chi connectivity index (χ1v) is 5.66. The first kappa shape index (κ1) is 9.19. The Morgan fingerprint density at radius 3 is 2.45 bits per heavy atom. The standard InChI is InChI=1S/C7H16O3Si/c1-8-11(9-2)7-5-3-4-6-10-7/h7,11H,3-6H2,1-2H3. The van der Waals surface area contributed by atoms with Crippen molar-refractivity contribution in [3.63, 3.8) is 0 Å². The van der Waals surface area contributed by atoms with Crippen LogP contribution in [0.4, 0.5) is 0 Å². The molecule has 66 valence electrons. The van der Waals surface area contributed by atoms with Gasteiger partial charge in [-0.05, 0) is 19.3 Å². The van der Waals surface area contributed by atoms with Crippen LogP contribution in [0.25, 0.3) is 0 Å². The lowest BCUT2D eigenvalue weighted by Gasteiger charge is -2.26. The van der Waals surface area contributed by atoms with Gasteiger partial charge < -0.3 is 13.6 Å². The molecule has 1 unspecified atom stereocenters. The minimum absolute atomic E-state index is 0.277. The predicted octanol–water partition coefficient (Wildman–Crippen LogP) is 0.608. The van der Waals surface area contributed by atoms with E-state index in [2.05, 4.69) is 0 Å². The van der Waals surface area contributed by atoms with Gasteiger partial charge in [0.05, 0.1) is 5.73 Å². The van der Waals surface area contributed by atoms with Crippen molar-refractivity contribution in [2.24, 2.45) is 0 Å². The van der Waals surface area contributed by atoms with Crippen molar-refractivity contribution in [3.05, 3.63) is 0 Å². The van der Waals surface area contributed by atoms with Crippen LogP contribution >= 0.6 is 0 Å². The van der Waals surface area contributed by atoms with Gasteiger partial charge in [-0.1, -0.05) is 0 Å². The van der Waals surface area contributed by atoms with Crippen LogP contribution in [0.2, 0.25) is 0 Å². The van der Waals surface area contributed by atoms with Crippen LogP contribution in [0, 0.1) is 0 Å².